The summed E-state index contributed by atoms with van der Waals surface area (Å²) in [4.78, 5) is 39.8. The number of aliphatic hydroxyl groups is 3. The Labute approximate surface area is 384 Å². The molecule has 11 heteroatoms. The Hall–Kier alpha value is -3.09. The molecule has 0 amide bonds. The highest BCUT2D eigenvalue weighted by atomic mass is 16.7. The van der Waals surface area contributed by atoms with Gasteiger partial charge in [-0.15, -0.1) is 0 Å². The van der Waals surface area contributed by atoms with E-state index in [1.54, 1.807) is 0 Å². The molecule has 0 aromatic rings. The molecule has 0 aromatic heterocycles. The van der Waals surface area contributed by atoms with E-state index in [-0.39, 0.29) is 60.2 Å². The van der Waals surface area contributed by atoms with Gasteiger partial charge in [-0.2, -0.15) is 0 Å². The lowest BCUT2D eigenvalue weighted by atomic mass is 9.46. The summed E-state index contributed by atoms with van der Waals surface area (Å²) >= 11 is 0. The Kier molecular flexibility index (Phi) is 10.4. The molecular formula is C54H72O11. The van der Waals surface area contributed by atoms with Crippen molar-refractivity contribution in [2.24, 2.45) is 51.8 Å². The van der Waals surface area contributed by atoms with Gasteiger partial charge in [0, 0.05) is 35.7 Å². The summed E-state index contributed by atoms with van der Waals surface area (Å²) in [5.74, 6) is 0.985. The van der Waals surface area contributed by atoms with Crippen LogP contribution in [-0.2, 0) is 38.1 Å². The van der Waals surface area contributed by atoms with Crippen LogP contribution in [0.4, 0.5) is 0 Å². The van der Waals surface area contributed by atoms with Crippen LogP contribution >= 0.6 is 0 Å². The van der Waals surface area contributed by atoms with Gasteiger partial charge in [-0.1, -0.05) is 65.0 Å². The molecule has 0 radical (unpaired) electrons. The first-order valence-corrected chi connectivity index (χ1v) is 25.4. The molecule has 2 spiro atoms. The third-order valence-electron chi connectivity index (χ3n) is 20.1. The van der Waals surface area contributed by atoms with E-state index in [0.717, 1.165) is 67.2 Å². The molecule has 3 aliphatic heterocycles. The minimum absolute atomic E-state index is 0.0233. The monoisotopic (exact) mass is 897 g/mol. The highest BCUT2D eigenvalue weighted by Crippen LogP contribution is 2.88. The van der Waals surface area contributed by atoms with Gasteiger partial charge in [0.05, 0.1) is 18.3 Å². The molecule has 0 bridgehead atoms. The Bertz CT molecular complexity index is 2180. The van der Waals surface area contributed by atoms with Crippen LogP contribution in [0.25, 0.3) is 0 Å². The summed E-state index contributed by atoms with van der Waals surface area (Å²) in [5, 5.41) is 33.0. The summed E-state index contributed by atoms with van der Waals surface area (Å²) in [6.07, 6.45) is 18.7. The van der Waals surface area contributed by atoms with Crippen molar-refractivity contribution >= 4 is 17.9 Å². The fourth-order valence-electron chi connectivity index (χ4n) is 16.3. The second kappa shape index (κ2) is 15.2. The molecule has 11 aliphatic rings. The predicted molar refractivity (Wildman–Crippen MR) is 239 cm³/mol. The standard InChI is InChI=1S/C54H72O11/c1-29(2)51-28-52(51,60)48-54(65-48)50(6)23-21-36-37(27-61-46(36)59)40(50)26-43-53(54,64-43)47(51)63-45(58)12-8-7-11-44(57)62-42(33-15-16-33)20-13-30(3)38-18-19-39-32(10-9-22-49(38,39)5)14-17-34-24-35(55)25-41(56)31(34)4/h13-14,17,20,29-30,33,35,38-43,47-48,55-56,60H,4,7-12,15-16,18-19,21-28H2,1-3,5-6H3/b20-13+,32-14+,34-17-/t30-,35+,38?,39?,40-,41-,42?,43-,47+,48-,49+,50-,51-,52?,53+,54+/m0/s1. The lowest BCUT2D eigenvalue weighted by Gasteiger charge is -2.55. The number of ether oxygens (including phenoxy) is 5. The predicted octanol–water partition coefficient (Wildman–Crippen LogP) is 7.85. The average molecular weight is 897 g/mol. The third-order valence-corrected chi connectivity index (χ3v) is 20.1. The fraction of sp³-hybridized carbons (Fsp3) is 0.759. The number of allylic oxidation sites excluding steroid dienone is 4. The van der Waals surface area contributed by atoms with Crippen molar-refractivity contribution in [1.82, 2.24) is 0 Å². The van der Waals surface area contributed by atoms with Gasteiger partial charge in [0.25, 0.3) is 0 Å². The quantitative estimate of drug-likeness (QED) is 0.0542. The van der Waals surface area contributed by atoms with E-state index in [0.29, 0.717) is 75.2 Å². The Balaban J connectivity index is 0.697. The van der Waals surface area contributed by atoms with E-state index in [4.69, 9.17) is 23.7 Å². The van der Waals surface area contributed by atoms with E-state index in [9.17, 15) is 29.7 Å². The lowest BCUT2D eigenvalue weighted by Crippen LogP contribution is -2.70. The molecule has 7 saturated carbocycles. The number of aliphatic hydroxyl groups excluding tert-OH is 2. The van der Waals surface area contributed by atoms with Gasteiger partial charge in [-0.25, -0.2) is 4.79 Å². The van der Waals surface area contributed by atoms with E-state index >= 15 is 0 Å². The lowest BCUT2D eigenvalue weighted by molar-refractivity contribution is -0.179. The molecule has 11 rings (SSSR count). The second-order valence-corrected chi connectivity index (χ2v) is 23.5. The minimum atomic E-state index is -1.13. The van der Waals surface area contributed by atoms with Crippen LogP contribution in [0.3, 0.4) is 0 Å². The van der Waals surface area contributed by atoms with Gasteiger partial charge < -0.3 is 39.0 Å². The number of esters is 3. The number of carbonyl (C=O) groups is 3. The first-order chi connectivity index (χ1) is 30.9. The molecular weight excluding hydrogens is 825 g/mol. The molecule has 16 atom stereocenters. The van der Waals surface area contributed by atoms with Crippen molar-refractivity contribution in [1.29, 1.82) is 0 Å². The molecule has 4 unspecified atom stereocenters. The van der Waals surface area contributed by atoms with Gasteiger partial charge in [-0.05, 0) is 154 Å². The van der Waals surface area contributed by atoms with E-state index in [2.05, 4.69) is 65.5 Å². The van der Waals surface area contributed by atoms with Crippen molar-refractivity contribution in [3.63, 3.8) is 0 Å². The SMILES string of the molecule is C=C1/C(=C\C=C2/CCC[C@@]3(C)C2CCC3[C@@H](C)/C=C/C(OC(=O)CCCCC(=O)O[C@H]2[C@]34O[C@H]3C[C@H]3C5=C(CC[C@]3(C)[C@@]43O[C@H]3C3(O)C[C@]23C(C)C)C(=O)OC5)C2CC2)C[C@@H](O)C[C@@H]1O. The van der Waals surface area contributed by atoms with Crippen LogP contribution < -0.4 is 0 Å². The Morgan fingerprint density at radius 1 is 0.938 bits per heavy atom. The molecule has 2 saturated heterocycles. The summed E-state index contributed by atoms with van der Waals surface area (Å²) in [5.41, 5.74) is 1.35. The molecule has 8 aliphatic carbocycles. The maximum Gasteiger partial charge on any atom is 0.334 e. The first-order valence-electron chi connectivity index (χ1n) is 25.4. The highest BCUT2D eigenvalue weighted by molar-refractivity contribution is 5.92. The molecule has 354 valence electrons. The number of hydrogen-bond acceptors (Lipinski definition) is 11. The first kappa shape index (κ1) is 44.4. The van der Waals surface area contributed by atoms with Crippen LogP contribution in [0, 0.1) is 51.8 Å². The van der Waals surface area contributed by atoms with Gasteiger partial charge in [0.2, 0.25) is 0 Å². The zero-order valence-corrected chi connectivity index (χ0v) is 39.3. The molecule has 65 heavy (non-hydrogen) atoms. The fourth-order valence-corrected chi connectivity index (χ4v) is 16.3. The Morgan fingerprint density at radius 2 is 1.71 bits per heavy atom. The van der Waals surface area contributed by atoms with E-state index in [1.165, 1.54) is 12.0 Å². The minimum Gasteiger partial charge on any atom is -0.458 e. The number of cyclic esters (lactones) is 1. The zero-order valence-electron chi connectivity index (χ0n) is 39.3. The van der Waals surface area contributed by atoms with Gasteiger partial charge >= 0.3 is 17.9 Å². The van der Waals surface area contributed by atoms with Crippen molar-refractivity contribution in [3.8, 4) is 0 Å². The number of hydrogen-bond donors (Lipinski definition) is 3. The molecule has 0 aromatic carbocycles. The zero-order chi connectivity index (χ0) is 45.6. The van der Waals surface area contributed by atoms with Crippen LogP contribution in [-0.4, -0.2) is 93.3 Å². The van der Waals surface area contributed by atoms with Crippen LogP contribution in [0.2, 0.25) is 0 Å². The highest BCUT2D eigenvalue weighted by Gasteiger charge is 3.04. The smallest absolute Gasteiger partial charge is 0.334 e. The van der Waals surface area contributed by atoms with Crippen LogP contribution in [0.1, 0.15) is 144 Å². The second-order valence-electron chi connectivity index (χ2n) is 23.5. The normalized spacial score (nSPS) is 47.5. The van der Waals surface area contributed by atoms with Gasteiger partial charge in [0.15, 0.2) is 5.60 Å². The number of unbranched alkanes of at least 4 members (excludes halogenated alkanes) is 1. The van der Waals surface area contributed by atoms with Crippen molar-refractivity contribution in [3.05, 3.63) is 58.7 Å². The average Bonchev–Trinajstić information content (AvgIpc) is 4.13. The summed E-state index contributed by atoms with van der Waals surface area (Å²) in [7, 11) is 0. The number of rotatable bonds is 13. The molecule has 11 nitrogen and oxygen atoms in total. The van der Waals surface area contributed by atoms with Crippen molar-refractivity contribution in [2.75, 3.05) is 6.61 Å². The maximum atomic E-state index is 13.9. The number of fused-ring (bicyclic) bond motifs is 5. The van der Waals surface area contributed by atoms with E-state index < -0.39 is 52.0 Å². The van der Waals surface area contributed by atoms with Gasteiger partial charge in [-0.3, -0.25) is 9.59 Å². The van der Waals surface area contributed by atoms with E-state index in [1.807, 2.05) is 0 Å². The summed E-state index contributed by atoms with van der Waals surface area (Å²) in [6.45, 7) is 15.6. The van der Waals surface area contributed by atoms with Gasteiger partial charge in [0.1, 0.15) is 36.1 Å². The summed E-state index contributed by atoms with van der Waals surface area (Å²) in [6, 6.07) is 0. The molecule has 3 heterocycles. The third kappa shape index (κ3) is 6.32. The van der Waals surface area contributed by atoms with Crippen LogP contribution in [0.15, 0.2) is 58.7 Å². The van der Waals surface area contributed by atoms with Crippen molar-refractivity contribution < 1.29 is 53.4 Å². The van der Waals surface area contributed by atoms with Crippen molar-refractivity contribution in [2.45, 2.75) is 197 Å². The van der Waals surface area contributed by atoms with Crippen LogP contribution in [0.5, 0.6) is 0 Å². The molecule has 3 N–H and O–H groups in total. The topological polar surface area (TPSA) is 165 Å². The summed E-state index contributed by atoms with van der Waals surface area (Å²) < 4.78 is 31.8. The number of carbonyl (C=O) groups excluding carboxylic acids is 3. The number of epoxide rings is 2. The largest absolute Gasteiger partial charge is 0.458 e. The maximum absolute atomic E-state index is 13.9. The molecule has 9 fully saturated rings. The Morgan fingerprint density at radius 3 is 2.46 bits per heavy atom.